The molecule has 23 heavy (non-hydrogen) atoms. The van der Waals surface area contributed by atoms with Crippen LogP contribution in [0, 0.1) is 0 Å². The first kappa shape index (κ1) is 17.7. The van der Waals surface area contributed by atoms with E-state index in [-0.39, 0.29) is 30.3 Å². The van der Waals surface area contributed by atoms with E-state index in [0.717, 1.165) is 14.9 Å². The van der Waals surface area contributed by atoms with Gasteiger partial charge in [0.05, 0.1) is 18.5 Å². The van der Waals surface area contributed by atoms with Crippen molar-refractivity contribution in [3.8, 4) is 0 Å². The van der Waals surface area contributed by atoms with Gasteiger partial charge in [0.25, 0.3) is 0 Å². The number of thiophene rings is 1. The standard InChI is InChI=1S/C17H19BrN2O2S/c1-11(13-6-3-4-7-14(13)18)19-17(22)10-15(20-12(2)21)16-8-5-9-23-16/h3-9,11,15H,10H2,1-2H3,(H,19,22)(H,20,21)/t11-,15+/m0/s1. The molecule has 0 saturated heterocycles. The number of carbonyl (C=O) groups is 2. The molecular formula is C17H19BrN2O2S. The van der Waals surface area contributed by atoms with Crippen molar-refractivity contribution in [3.63, 3.8) is 0 Å². The van der Waals surface area contributed by atoms with E-state index in [2.05, 4.69) is 26.6 Å². The van der Waals surface area contributed by atoms with E-state index in [1.807, 2.05) is 48.7 Å². The number of rotatable bonds is 6. The van der Waals surface area contributed by atoms with Crippen molar-refractivity contribution in [1.29, 1.82) is 0 Å². The zero-order valence-corrected chi connectivity index (χ0v) is 15.4. The van der Waals surface area contributed by atoms with Crippen LogP contribution in [-0.4, -0.2) is 11.8 Å². The minimum absolute atomic E-state index is 0.0968. The van der Waals surface area contributed by atoms with Gasteiger partial charge in [-0.2, -0.15) is 0 Å². The third-order valence-electron chi connectivity index (χ3n) is 3.40. The van der Waals surface area contributed by atoms with Crippen LogP contribution in [0.4, 0.5) is 0 Å². The molecule has 122 valence electrons. The predicted octanol–water partition coefficient (Wildman–Crippen LogP) is 3.96. The van der Waals surface area contributed by atoms with E-state index in [1.165, 1.54) is 18.3 Å². The Bertz CT molecular complexity index is 673. The van der Waals surface area contributed by atoms with Gasteiger partial charge in [0.15, 0.2) is 0 Å². The second kappa shape index (κ2) is 8.26. The summed E-state index contributed by atoms with van der Waals surface area (Å²) in [5.41, 5.74) is 1.02. The molecule has 0 aliphatic rings. The molecule has 0 spiro atoms. The van der Waals surface area contributed by atoms with Gasteiger partial charge in [0, 0.05) is 16.3 Å². The minimum atomic E-state index is -0.293. The zero-order chi connectivity index (χ0) is 16.8. The number of nitrogens with one attached hydrogen (secondary N) is 2. The SMILES string of the molecule is CC(=O)N[C@H](CC(=O)N[C@@H](C)c1ccccc1Br)c1cccs1. The van der Waals surface area contributed by atoms with Gasteiger partial charge in [-0.3, -0.25) is 9.59 Å². The predicted molar refractivity (Wildman–Crippen MR) is 96.2 cm³/mol. The monoisotopic (exact) mass is 394 g/mol. The molecule has 1 aromatic heterocycles. The highest BCUT2D eigenvalue weighted by atomic mass is 79.9. The molecule has 0 radical (unpaired) electrons. The molecule has 0 aliphatic carbocycles. The topological polar surface area (TPSA) is 58.2 Å². The maximum atomic E-state index is 12.4. The molecule has 2 amide bonds. The zero-order valence-electron chi connectivity index (χ0n) is 13.0. The number of halogens is 1. The van der Waals surface area contributed by atoms with E-state index in [1.54, 1.807) is 0 Å². The Morgan fingerprint density at radius 2 is 1.91 bits per heavy atom. The van der Waals surface area contributed by atoms with Crippen molar-refractivity contribution >= 4 is 39.1 Å². The number of carbonyl (C=O) groups excluding carboxylic acids is 2. The van der Waals surface area contributed by atoms with Crippen LogP contribution in [0.5, 0.6) is 0 Å². The summed E-state index contributed by atoms with van der Waals surface area (Å²) in [5, 5.41) is 7.76. The fourth-order valence-corrected chi connectivity index (χ4v) is 3.75. The van der Waals surface area contributed by atoms with E-state index in [4.69, 9.17) is 0 Å². The van der Waals surface area contributed by atoms with Crippen LogP contribution in [0.15, 0.2) is 46.3 Å². The number of amides is 2. The average molecular weight is 395 g/mol. The molecule has 0 saturated carbocycles. The number of hydrogen-bond acceptors (Lipinski definition) is 3. The molecule has 2 aromatic rings. The van der Waals surface area contributed by atoms with Crippen molar-refractivity contribution in [1.82, 2.24) is 10.6 Å². The summed E-state index contributed by atoms with van der Waals surface area (Å²) in [6, 6.07) is 11.2. The maximum absolute atomic E-state index is 12.4. The molecule has 4 nitrogen and oxygen atoms in total. The summed E-state index contributed by atoms with van der Waals surface area (Å²) in [7, 11) is 0. The third kappa shape index (κ3) is 5.18. The van der Waals surface area contributed by atoms with E-state index < -0.39 is 0 Å². The van der Waals surface area contributed by atoms with Gasteiger partial charge in [0.1, 0.15) is 0 Å². The summed E-state index contributed by atoms with van der Waals surface area (Å²) in [4.78, 5) is 24.7. The lowest BCUT2D eigenvalue weighted by Gasteiger charge is -2.19. The van der Waals surface area contributed by atoms with Crippen molar-refractivity contribution in [3.05, 3.63) is 56.7 Å². The Morgan fingerprint density at radius 3 is 2.52 bits per heavy atom. The molecule has 1 aromatic carbocycles. The van der Waals surface area contributed by atoms with E-state index in [9.17, 15) is 9.59 Å². The van der Waals surface area contributed by atoms with Crippen molar-refractivity contribution in [2.24, 2.45) is 0 Å². The fourth-order valence-electron chi connectivity index (χ4n) is 2.35. The summed E-state index contributed by atoms with van der Waals surface area (Å²) in [5.74, 6) is -0.240. The highest BCUT2D eigenvalue weighted by Gasteiger charge is 2.20. The Morgan fingerprint density at radius 1 is 1.17 bits per heavy atom. The first-order valence-electron chi connectivity index (χ1n) is 7.31. The lowest BCUT2D eigenvalue weighted by atomic mass is 10.1. The molecule has 2 atom stereocenters. The van der Waals surface area contributed by atoms with Gasteiger partial charge in [-0.25, -0.2) is 0 Å². The van der Waals surface area contributed by atoms with Gasteiger partial charge < -0.3 is 10.6 Å². The van der Waals surface area contributed by atoms with Crippen LogP contribution < -0.4 is 10.6 Å². The van der Waals surface area contributed by atoms with E-state index in [0.29, 0.717) is 0 Å². The lowest BCUT2D eigenvalue weighted by Crippen LogP contribution is -2.33. The average Bonchev–Trinajstić information content (AvgIpc) is 3.00. The summed E-state index contributed by atoms with van der Waals surface area (Å²) in [6.45, 7) is 3.40. The number of benzene rings is 1. The first-order chi connectivity index (χ1) is 11.0. The normalized spacial score (nSPS) is 13.2. The van der Waals surface area contributed by atoms with Gasteiger partial charge in [-0.1, -0.05) is 40.2 Å². The first-order valence-corrected chi connectivity index (χ1v) is 8.99. The highest BCUT2D eigenvalue weighted by molar-refractivity contribution is 9.10. The second-order valence-electron chi connectivity index (χ2n) is 5.28. The molecular weight excluding hydrogens is 376 g/mol. The molecule has 0 unspecified atom stereocenters. The summed E-state index contributed by atoms with van der Waals surface area (Å²) in [6.07, 6.45) is 0.217. The van der Waals surface area contributed by atoms with Gasteiger partial charge in [0.2, 0.25) is 11.8 Å². The molecule has 6 heteroatoms. The van der Waals surface area contributed by atoms with Crippen LogP contribution in [0.2, 0.25) is 0 Å². The van der Waals surface area contributed by atoms with Crippen LogP contribution in [0.3, 0.4) is 0 Å². The molecule has 1 heterocycles. The summed E-state index contributed by atoms with van der Waals surface area (Å²) >= 11 is 5.03. The van der Waals surface area contributed by atoms with Crippen molar-refractivity contribution < 1.29 is 9.59 Å². The molecule has 0 fully saturated rings. The Balaban J connectivity index is 2.02. The maximum Gasteiger partial charge on any atom is 0.222 e. The van der Waals surface area contributed by atoms with Gasteiger partial charge >= 0.3 is 0 Å². The Kier molecular flexibility index (Phi) is 6.36. The third-order valence-corrected chi connectivity index (χ3v) is 5.11. The smallest absolute Gasteiger partial charge is 0.222 e. The second-order valence-corrected chi connectivity index (χ2v) is 7.12. The quantitative estimate of drug-likeness (QED) is 0.778. The molecule has 0 aliphatic heterocycles. The fraction of sp³-hybridized carbons (Fsp3) is 0.294. The van der Waals surface area contributed by atoms with Crippen molar-refractivity contribution in [2.45, 2.75) is 32.4 Å². The molecule has 2 N–H and O–H groups in total. The minimum Gasteiger partial charge on any atom is -0.349 e. The highest BCUT2D eigenvalue weighted by Crippen LogP contribution is 2.25. The van der Waals surface area contributed by atoms with E-state index >= 15 is 0 Å². The van der Waals surface area contributed by atoms with Gasteiger partial charge in [-0.15, -0.1) is 11.3 Å². The molecule has 2 rings (SSSR count). The van der Waals surface area contributed by atoms with Crippen LogP contribution in [0.25, 0.3) is 0 Å². The Labute approximate surface area is 148 Å². The Hall–Kier alpha value is -1.66. The van der Waals surface area contributed by atoms with Crippen LogP contribution >= 0.6 is 27.3 Å². The number of hydrogen-bond donors (Lipinski definition) is 2. The lowest BCUT2D eigenvalue weighted by molar-refractivity contribution is -0.123. The van der Waals surface area contributed by atoms with Crippen molar-refractivity contribution in [2.75, 3.05) is 0 Å². The van der Waals surface area contributed by atoms with Crippen LogP contribution in [-0.2, 0) is 9.59 Å². The molecule has 0 bridgehead atoms. The van der Waals surface area contributed by atoms with Gasteiger partial charge in [-0.05, 0) is 30.0 Å². The summed E-state index contributed by atoms with van der Waals surface area (Å²) < 4.78 is 0.962. The largest absolute Gasteiger partial charge is 0.349 e. The van der Waals surface area contributed by atoms with Crippen LogP contribution in [0.1, 0.15) is 42.8 Å².